The van der Waals surface area contributed by atoms with Crippen molar-refractivity contribution in [1.82, 2.24) is 10.2 Å². The molecule has 3 heteroatoms. The van der Waals surface area contributed by atoms with Gasteiger partial charge in [-0.15, -0.1) is 0 Å². The Hall–Kier alpha value is -1.37. The molecule has 0 heterocycles. The molecule has 21 heavy (non-hydrogen) atoms. The third kappa shape index (κ3) is 7.27. The fourth-order valence-corrected chi connectivity index (χ4v) is 2.36. The summed E-state index contributed by atoms with van der Waals surface area (Å²) < 4.78 is 0. The summed E-state index contributed by atoms with van der Waals surface area (Å²) in [5.41, 5.74) is 1.01. The Labute approximate surface area is 130 Å². The third-order valence-electron chi connectivity index (χ3n) is 3.85. The molecule has 1 rings (SSSR count). The number of nitrogens with one attached hydrogen (secondary N) is 1. The van der Waals surface area contributed by atoms with Crippen LogP contribution in [0.2, 0.25) is 0 Å². The van der Waals surface area contributed by atoms with E-state index >= 15 is 0 Å². The van der Waals surface area contributed by atoms with Crippen LogP contribution in [0.25, 0.3) is 0 Å². The molecule has 0 saturated heterocycles. The first kappa shape index (κ1) is 17.7. The summed E-state index contributed by atoms with van der Waals surface area (Å²) in [6.07, 6.45) is 4.10. The van der Waals surface area contributed by atoms with Crippen LogP contribution in [-0.2, 0) is 6.42 Å². The van der Waals surface area contributed by atoms with E-state index in [0.717, 1.165) is 45.3 Å². The topological polar surface area (TPSA) is 39.1 Å². The van der Waals surface area contributed by atoms with Crippen molar-refractivity contribution in [2.45, 2.75) is 45.1 Å². The highest BCUT2D eigenvalue weighted by atomic mass is 15.1. The molecular weight excluding hydrogens is 258 g/mol. The Morgan fingerprint density at radius 3 is 2.57 bits per heavy atom. The van der Waals surface area contributed by atoms with Crippen LogP contribution in [0, 0.1) is 11.3 Å². The van der Waals surface area contributed by atoms with Gasteiger partial charge in [0, 0.05) is 6.54 Å². The zero-order valence-corrected chi connectivity index (χ0v) is 13.7. The number of nitrogens with zero attached hydrogens (tertiary/aromatic N) is 2. The monoisotopic (exact) mass is 287 g/mol. The first-order valence-electron chi connectivity index (χ1n) is 7.98. The molecule has 3 nitrogen and oxygen atoms in total. The second-order valence-electron chi connectivity index (χ2n) is 6.01. The number of rotatable bonds is 10. The van der Waals surface area contributed by atoms with Crippen molar-refractivity contribution in [3.8, 4) is 6.07 Å². The Balaban J connectivity index is 2.23. The minimum atomic E-state index is -0.379. The Bertz CT molecular complexity index is 424. The van der Waals surface area contributed by atoms with Crippen LogP contribution in [0.5, 0.6) is 0 Å². The summed E-state index contributed by atoms with van der Waals surface area (Å²) in [5.74, 6) is 0. The Morgan fingerprint density at radius 2 is 1.95 bits per heavy atom. The fourth-order valence-electron chi connectivity index (χ4n) is 2.36. The van der Waals surface area contributed by atoms with Gasteiger partial charge in [0.2, 0.25) is 0 Å². The van der Waals surface area contributed by atoms with Crippen molar-refractivity contribution in [3.63, 3.8) is 0 Å². The van der Waals surface area contributed by atoms with Gasteiger partial charge < -0.3 is 4.90 Å². The maximum Gasteiger partial charge on any atom is 0.103 e. The summed E-state index contributed by atoms with van der Waals surface area (Å²) in [4.78, 5) is 2.35. The van der Waals surface area contributed by atoms with E-state index in [1.165, 1.54) is 5.56 Å². The predicted molar refractivity (Wildman–Crippen MR) is 89.2 cm³/mol. The molecule has 0 bridgehead atoms. The van der Waals surface area contributed by atoms with Crippen molar-refractivity contribution in [3.05, 3.63) is 35.9 Å². The molecule has 1 unspecified atom stereocenters. The molecule has 0 aliphatic carbocycles. The molecule has 1 aromatic rings. The van der Waals surface area contributed by atoms with Crippen LogP contribution in [0.1, 0.15) is 38.7 Å². The highest BCUT2D eigenvalue weighted by molar-refractivity contribution is 5.14. The van der Waals surface area contributed by atoms with Crippen LogP contribution in [0.15, 0.2) is 30.3 Å². The second-order valence-corrected chi connectivity index (χ2v) is 6.01. The van der Waals surface area contributed by atoms with E-state index in [2.05, 4.69) is 60.6 Å². The maximum atomic E-state index is 9.30. The highest BCUT2D eigenvalue weighted by Crippen LogP contribution is 2.12. The lowest BCUT2D eigenvalue weighted by Gasteiger charge is -2.24. The van der Waals surface area contributed by atoms with Gasteiger partial charge in [0.25, 0.3) is 0 Å². The number of nitriles is 1. The average Bonchev–Trinajstić information content (AvgIpc) is 2.52. The molecule has 1 atom stereocenters. The Kier molecular flexibility index (Phi) is 8.04. The van der Waals surface area contributed by atoms with Gasteiger partial charge >= 0.3 is 0 Å². The van der Waals surface area contributed by atoms with Crippen molar-refractivity contribution in [2.24, 2.45) is 0 Å². The van der Waals surface area contributed by atoms with Crippen molar-refractivity contribution in [2.75, 3.05) is 26.7 Å². The quantitative estimate of drug-likeness (QED) is 0.718. The van der Waals surface area contributed by atoms with Crippen LogP contribution in [-0.4, -0.2) is 37.1 Å². The van der Waals surface area contributed by atoms with Gasteiger partial charge in [0.15, 0.2) is 0 Å². The molecule has 0 spiro atoms. The van der Waals surface area contributed by atoms with Gasteiger partial charge in [-0.3, -0.25) is 5.32 Å². The van der Waals surface area contributed by atoms with Crippen LogP contribution in [0.3, 0.4) is 0 Å². The summed E-state index contributed by atoms with van der Waals surface area (Å²) in [6.45, 7) is 7.15. The van der Waals surface area contributed by atoms with Crippen molar-refractivity contribution < 1.29 is 0 Å². The normalized spacial score (nSPS) is 13.9. The van der Waals surface area contributed by atoms with Crippen LogP contribution in [0.4, 0.5) is 0 Å². The largest absolute Gasteiger partial charge is 0.306 e. The first-order chi connectivity index (χ1) is 10.1. The van der Waals surface area contributed by atoms with E-state index in [1.54, 1.807) is 0 Å². The van der Waals surface area contributed by atoms with E-state index in [1.807, 2.05) is 6.92 Å². The molecule has 116 valence electrons. The number of likely N-dealkylation sites (N-methyl/N-ethyl adjacent to an activating group) is 1. The molecule has 0 radical (unpaired) electrons. The highest BCUT2D eigenvalue weighted by Gasteiger charge is 2.21. The Morgan fingerprint density at radius 1 is 1.24 bits per heavy atom. The minimum absolute atomic E-state index is 0.379. The lowest BCUT2D eigenvalue weighted by molar-refractivity contribution is 0.307. The van der Waals surface area contributed by atoms with Gasteiger partial charge in [-0.25, -0.2) is 0 Å². The van der Waals surface area contributed by atoms with E-state index in [9.17, 15) is 5.26 Å². The smallest absolute Gasteiger partial charge is 0.103 e. The maximum absolute atomic E-state index is 9.30. The van der Waals surface area contributed by atoms with Crippen molar-refractivity contribution in [1.29, 1.82) is 5.26 Å². The van der Waals surface area contributed by atoms with E-state index in [4.69, 9.17) is 0 Å². The zero-order chi connectivity index (χ0) is 15.6. The van der Waals surface area contributed by atoms with Crippen molar-refractivity contribution >= 4 is 0 Å². The van der Waals surface area contributed by atoms with E-state index in [-0.39, 0.29) is 5.54 Å². The summed E-state index contributed by atoms with van der Waals surface area (Å²) in [7, 11) is 2.16. The van der Waals surface area contributed by atoms with E-state index in [0.29, 0.717) is 0 Å². The number of hydrogen-bond acceptors (Lipinski definition) is 3. The lowest BCUT2D eigenvalue weighted by atomic mass is 9.97. The fraction of sp³-hybridized carbons (Fsp3) is 0.611. The van der Waals surface area contributed by atoms with Gasteiger partial charge in [-0.05, 0) is 58.3 Å². The summed E-state index contributed by atoms with van der Waals surface area (Å²) in [6, 6.07) is 13.0. The molecule has 0 amide bonds. The molecule has 0 aliphatic heterocycles. The molecule has 1 N–H and O–H groups in total. The van der Waals surface area contributed by atoms with Crippen LogP contribution < -0.4 is 5.32 Å². The second kappa shape index (κ2) is 9.55. The molecule has 0 saturated carbocycles. The summed E-state index contributed by atoms with van der Waals surface area (Å²) in [5, 5.41) is 12.7. The molecule has 0 aliphatic rings. The molecular formula is C18H29N3. The standard InChI is InChI=1S/C18H29N3/c1-4-13-20-18(2,16-19)12-8-14-21(3)15-11-17-9-6-5-7-10-17/h5-7,9-10,20H,4,8,11-15H2,1-3H3. The van der Waals surface area contributed by atoms with Gasteiger partial charge in [0.05, 0.1) is 6.07 Å². The average molecular weight is 287 g/mol. The predicted octanol–water partition coefficient (Wildman–Crippen LogP) is 3.22. The SMILES string of the molecule is CCCNC(C)(C#N)CCCN(C)CCc1ccccc1. The molecule has 0 fully saturated rings. The summed E-state index contributed by atoms with van der Waals surface area (Å²) >= 11 is 0. The zero-order valence-electron chi connectivity index (χ0n) is 13.7. The number of hydrogen-bond donors (Lipinski definition) is 1. The van der Waals surface area contributed by atoms with Gasteiger partial charge in [-0.2, -0.15) is 5.26 Å². The third-order valence-corrected chi connectivity index (χ3v) is 3.85. The first-order valence-corrected chi connectivity index (χ1v) is 7.98. The number of benzene rings is 1. The van der Waals surface area contributed by atoms with Crippen LogP contribution >= 0.6 is 0 Å². The molecule has 0 aromatic heterocycles. The van der Waals surface area contributed by atoms with Gasteiger partial charge in [0.1, 0.15) is 5.54 Å². The minimum Gasteiger partial charge on any atom is -0.306 e. The van der Waals surface area contributed by atoms with E-state index < -0.39 is 0 Å². The lowest BCUT2D eigenvalue weighted by Crippen LogP contribution is -2.41. The molecule has 1 aromatic carbocycles. The van der Waals surface area contributed by atoms with Gasteiger partial charge in [-0.1, -0.05) is 37.3 Å².